The number of nitrogens with two attached hydrogens (primary N) is 1. The van der Waals surface area contributed by atoms with Gasteiger partial charge in [0.05, 0.1) is 19.2 Å². The second-order valence-electron chi connectivity index (χ2n) is 3.54. The van der Waals surface area contributed by atoms with Crippen LogP contribution in [0.15, 0.2) is 12.1 Å². The van der Waals surface area contributed by atoms with Crippen molar-refractivity contribution < 1.29 is 9.47 Å². The fourth-order valence-corrected chi connectivity index (χ4v) is 1.84. The number of ether oxygens (including phenoxy) is 2. The normalized spacial score (nSPS) is 10.2. The highest BCUT2D eigenvalue weighted by Crippen LogP contribution is 2.33. The van der Waals surface area contributed by atoms with Gasteiger partial charge in [0.2, 0.25) is 0 Å². The minimum Gasteiger partial charge on any atom is -0.496 e. The van der Waals surface area contributed by atoms with E-state index in [4.69, 9.17) is 26.8 Å². The second kappa shape index (κ2) is 6.61. The van der Waals surface area contributed by atoms with Crippen molar-refractivity contribution in [2.75, 3.05) is 20.8 Å². The van der Waals surface area contributed by atoms with Gasteiger partial charge in [0, 0.05) is 6.07 Å². The molecule has 3 nitrogen and oxygen atoms in total. The molecule has 0 radical (unpaired) electrons. The van der Waals surface area contributed by atoms with Gasteiger partial charge < -0.3 is 15.2 Å². The van der Waals surface area contributed by atoms with Gasteiger partial charge in [0.25, 0.3) is 0 Å². The van der Waals surface area contributed by atoms with E-state index in [0.29, 0.717) is 17.3 Å². The fraction of sp³-hybridized carbons (Fsp3) is 0.500. The Kier molecular flexibility index (Phi) is 5.43. The van der Waals surface area contributed by atoms with Crippen LogP contribution in [0.4, 0.5) is 0 Å². The molecule has 1 aromatic carbocycles. The average molecular weight is 244 g/mol. The lowest BCUT2D eigenvalue weighted by molar-refractivity contribution is 0.390. The van der Waals surface area contributed by atoms with Gasteiger partial charge in [-0.2, -0.15) is 0 Å². The van der Waals surface area contributed by atoms with E-state index in [1.807, 2.05) is 12.1 Å². The van der Waals surface area contributed by atoms with Crippen molar-refractivity contribution in [2.24, 2.45) is 5.73 Å². The topological polar surface area (TPSA) is 44.5 Å². The van der Waals surface area contributed by atoms with E-state index in [1.54, 1.807) is 14.2 Å². The lowest BCUT2D eigenvalue weighted by Gasteiger charge is -2.11. The van der Waals surface area contributed by atoms with Gasteiger partial charge in [0.15, 0.2) is 0 Å². The zero-order valence-electron chi connectivity index (χ0n) is 9.75. The van der Waals surface area contributed by atoms with Crippen LogP contribution < -0.4 is 15.2 Å². The van der Waals surface area contributed by atoms with Crippen molar-refractivity contribution in [2.45, 2.75) is 19.3 Å². The zero-order chi connectivity index (χ0) is 12.0. The molecule has 0 aliphatic carbocycles. The van der Waals surface area contributed by atoms with Gasteiger partial charge in [-0.25, -0.2) is 0 Å². The van der Waals surface area contributed by atoms with E-state index in [9.17, 15) is 0 Å². The first kappa shape index (κ1) is 13.1. The Bertz CT molecular complexity index is 342. The Labute approximate surface area is 101 Å². The molecule has 0 unspecified atom stereocenters. The number of methoxy groups -OCH3 is 2. The van der Waals surface area contributed by atoms with Crippen LogP contribution in [0.25, 0.3) is 0 Å². The summed E-state index contributed by atoms with van der Waals surface area (Å²) in [7, 11) is 3.24. The molecule has 0 amide bonds. The average Bonchev–Trinajstić information content (AvgIpc) is 2.30. The molecule has 0 spiro atoms. The molecule has 0 saturated carbocycles. The predicted molar refractivity (Wildman–Crippen MR) is 66.5 cm³/mol. The Morgan fingerprint density at radius 3 is 2.38 bits per heavy atom. The maximum atomic E-state index is 6.07. The van der Waals surface area contributed by atoms with E-state index in [0.717, 1.165) is 30.6 Å². The number of hydrogen-bond acceptors (Lipinski definition) is 3. The molecule has 0 bridgehead atoms. The molecule has 1 aromatic rings. The third-order valence-corrected chi connectivity index (χ3v) is 2.75. The minimum atomic E-state index is 0.617. The van der Waals surface area contributed by atoms with E-state index < -0.39 is 0 Å². The van der Waals surface area contributed by atoms with Crippen molar-refractivity contribution in [3.63, 3.8) is 0 Å². The Balaban J connectivity index is 2.85. The quantitative estimate of drug-likeness (QED) is 0.782. The standard InChI is InChI=1S/C12H18ClNO2/c1-15-11-8-12(16-2)10(13)7-9(11)5-3-4-6-14/h7-8H,3-6,14H2,1-2H3. The summed E-state index contributed by atoms with van der Waals surface area (Å²) in [5, 5.41) is 0.617. The van der Waals surface area contributed by atoms with E-state index in [-0.39, 0.29) is 0 Å². The highest BCUT2D eigenvalue weighted by atomic mass is 35.5. The number of hydrogen-bond donors (Lipinski definition) is 1. The Morgan fingerprint density at radius 1 is 1.12 bits per heavy atom. The van der Waals surface area contributed by atoms with E-state index in [2.05, 4.69) is 0 Å². The molecular weight excluding hydrogens is 226 g/mol. The molecule has 0 aliphatic rings. The van der Waals surface area contributed by atoms with Crippen molar-refractivity contribution in [1.29, 1.82) is 0 Å². The van der Waals surface area contributed by atoms with Crippen LogP contribution in [0.5, 0.6) is 11.5 Å². The summed E-state index contributed by atoms with van der Waals surface area (Å²) in [6.07, 6.45) is 2.96. The smallest absolute Gasteiger partial charge is 0.141 e. The van der Waals surface area contributed by atoms with Gasteiger partial charge in [-0.15, -0.1) is 0 Å². The summed E-state index contributed by atoms with van der Waals surface area (Å²) in [5.41, 5.74) is 6.56. The van der Waals surface area contributed by atoms with Crippen LogP contribution in [0.3, 0.4) is 0 Å². The number of rotatable bonds is 6. The molecule has 0 aromatic heterocycles. The summed E-state index contributed by atoms with van der Waals surface area (Å²) < 4.78 is 10.4. The number of unbranched alkanes of at least 4 members (excludes halogenated alkanes) is 1. The summed E-state index contributed by atoms with van der Waals surface area (Å²) in [5.74, 6) is 1.46. The molecule has 90 valence electrons. The van der Waals surface area contributed by atoms with Crippen molar-refractivity contribution in [3.05, 3.63) is 22.7 Å². The molecule has 1 rings (SSSR count). The molecule has 0 atom stereocenters. The predicted octanol–water partition coefficient (Wildman–Crippen LogP) is 2.64. The maximum absolute atomic E-state index is 6.07. The van der Waals surface area contributed by atoms with E-state index in [1.165, 1.54) is 0 Å². The molecule has 0 fully saturated rings. The second-order valence-corrected chi connectivity index (χ2v) is 3.95. The lowest BCUT2D eigenvalue weighted by atomic mass is 10.1. The Hall–Kier alpha value is -0.930. The third-order valence-electron chi connectivity index (χ3n) is 2.46. The summed E-state index contributed by atoms with van der Waals surface area (Å²) in [4.78, 5) is 0. The first-order chi connectivity index (χ1) is 7.72. The molecule has 16 heavy (non-hydrogen) atoms. The van der Waals surface area contributed by atoms with Gasteiger partial charge in [0.1, 0.15) is 11.5 Å². The molecular formula is C12H18ClNO2. The van der Waals surface area contributed by atoms with Crippen LogP contribution in [-0.4, -0.2) is 20.8 Å². The molecule has 0 heterocycles. The minimum absolute atomic E-state index is 0.617. The third kappa shape index (κ3) is 3.29. The van der Waals surface area contributed by atoms with Gasteiger partial charge in [-0.05, 0) is 37.4 Å². The van der Waals surface area contributed by atoms with Crippen LogP contribution in [0.2, 0.25) is 5.02 Å². The molecule has 2 N–H and O–H groups in total. The number of benzene rings is 1. The van der Waals surface area contributed by atoms with Crippen molar-refractivity contribution >= 4 is 11.6 Å². The highest BCUT2D eigenvalue weighted by molar-refractivity contribution is 6.32. The Morgan fingerprint density at radius 2 is 1.81 bits per heavy atom. The summed E-state index contributed by atoms with van der Waals surface area (Å²) >= 11 is 6.07. The van der Waals surface area contributed by atoms with Crippen molar-refractivity contribution in [1.82, 2.24) is 0 Å². The monoisotopic (exact) mass is 243 g/mol. The van der Waals surface area contributed by atoms with Crippen LogP contribution in [-0.2, 0) is 6.42 Å². The maximum Gasteiger partial charge on any atom is 0.141 e. The van der Waals surface area contributed by atoms with Crippen LogP contribution in [0.1, 0.15) is 18.4 Å². The summed E-state index contributed by atoms with van der Waals surface area (Å²) in [6.45, 7) is 0.714. The highest BCUT2D eigenvalue weighted by Gasteiger charge is 2.09. The van der Waals surface area contributed by atoms with Gasteiger partial charge in [-0.3, -0.25) is 0 Å². The SMILES string of the molecule is COc1cc(OC)c(CCCCN)cc1Cl. The fourth-order valence-electron chi connectivity index (χ4n) is 1.58. The van der Waals surface area contributed by atoms with Gasteiger partial charge >= 0.3 is 0 Å². The van der Waals surface area contributed by atoms with Crippen molar-refractivity contribution in [3.8, 4) is 11.5 Å². The molecule has 4 heteroatoms. The van der Waals surface area contributed by atoms with Crippen LogP contribution in [0, 0.1) is 0 Å². The number of aryl methyl sites for hydroxylation is 1. The largest absolute Gasteiger partial charge is 0.496 e. The number of halogens is 1. The van der Waals surface area contributed by atoms with Crippen LogP contribution >= 0.6 is 11.6 Å². The van der Waals surface area contributed by atoms with E-state index >= 15 is 0 Å². The first-order valence-electron chi connectivity index (χ1n) is 5.33. The molecule has 0 saturated heterocycles. The zero-order valence-corrected chi connectivity index (χ0v) is 10.5. The molecule has 0 aliphatic heterocycles. The summed E-state index contributed by atoms with van der Waals surface area (Å²) in [6, 6.07) is 3.72. The van der Waals surface area contributed by atoms with Gasteiger partial charge in [-0.1, -0.05) is 11.6 Å². The lowest BCUT2D eigenvalue weighted by Crippen LogP contribution is -2.00. The first-order valence-corrected chi connectivity index (χ1v) is 5.71.